The molecule has 1 heterocycles. The molecule has 0 unspecified atom stereocenters. The van der Waals surface area contributed by atoms with E-state index in [9.17, 15) is 4.79 Å². The van der Waals surface area contributed by atoms with E-state index in [-0.39, 0.29) is 0 Å². The van der Waals surface area contributed by atoms with Crippen molar-refractivity contribution in [3.05, 3.63) is 16.7 Å². The van der Waals surface area contributed by atoms with Crippen LogP contribution in [0.5, 0.6) is 5.88 Å². The SMILES string of the molecule is CCCCn1[c]nc(=O)c(O)n1. The lowest BCUT2D eigenvalue weighted by Gasteiger charge is -2.00. The molecule has 0 saturated carbocycles. The van der Waals surface area contributed by atoms with Gasteiger partial charge < -0.3 is 5.11 Å². The summed E-state index contributed by atoms with van der Waals surface area (Å²) in [5.74, 6) is -0.565. The Morgan fingerprint density at radius 1 is 1.67 bits per heavy atom. The molecule has 0 amide bonds. The predicted octanol–water partition coefficient (Wildman–Crippen LogP) is -0.0558. The number of aryl methyl sites for hydroxylation is 1. The number of aromatic hydroxyl groups is 1. The molecule has 1 radical (unpaired) electrons. The highest BCUT2D eigenvalue weighted by molar-refractivity contribution is 4.95. The molecule has 0 atom stereocenters. The molecule has 0 aliphatic carbocycles. The van der Waals surface area contributed by atoms with Crippen LogP contribution in [0.15, 0.2) is 4.79 Å². The van der Waals surface area contributed by atoms with Crippen molar-refractivity contribution in [2.24, 2.45) is 0 Å². The summed E-state index contributed by atoms with van der Waals surface area (Å²) in [5.41, 5.74) is -0.734. The van der Waals surface area contributed by atoms with Crippen molar-refractivity contribution in [1.82, 2.24) is 14.8 Å². The molecule has 0 spiro atoms. The number of nitrogens with zero attached hydrogens (tertiary/aromatic N) is 3. The molecule has 1 aromatic heterocycles. The molecule has 1 N–H and O–H groups in total. The maximum Gasteiger partial charge on any atom is 0.335 e. The molecule has 0 aromatic carbocycles. The summed E-state index contributed by atoms with van der Waals surface area (Å²) in [7, 11) is 0. The van der Waals surface area contributed by atoms with Gasteiger partial charge in [-0.15, -0.1) is 5.10 Å². The summed E-state index contributed by atoms with van der Waals surface area (Å²) in [6.45, 7) is 2.66. The highest BCUT2D eigenvalue weighted by Gasteiger charge is 1.99. The third-order valence-electron chi connectivity index (χ3n) is 1.40. The number of rotatable bonds is 3. The van der Waals surface area contributed by atoms with Crippen LogP contribution < -0.4 is 5.56 Å². The minimum atomic E-state index is -0.734. The number of hydrogen-bond acceptors (Lipinski definition) is 4. The third-order valence-corrected chi connectivity index (χ3v) is 1.40. The first-order valence-electron chi connectivity index (χ1n) is 3.80. The second-order valence-corrected chi connectivity index (χ2v) is 2.42. The highest BCUT2D eigenvalue weighted by Crippen LogP contribution is 1.93. The van der Waals surface area contributed by atoms with Crippen LogP contribution in [0, 0.1) is 6.33 Å². The Hall–Kier alpha value is -1.39. The topological polar surface area (TPSA) is 68.0 Å². The van der Waals surface area contributed by atoms with Crippen molar-refractivity contribution in [3.8, 4) is 5.88 Å². The van der Waals surface area contributed by atoms with Crippen molar-refractivity contribution >= 4 is 0 Å². The fourth-order valence-corrected chi connectivity index (χ4v) is 0.740. The van der Waals surface area contributed by atoms with Gasteiger partial charge in [-0.1, -0.05) is 13.3 Å². The van der Waals surface area contributed by atoms with Crippen molar-refractivity contribution < 1.29 is 5.11 Å². The molecule has 0 bridgehead atoms. The van der Waals surface area contributed by atoms with Crippen LogP contribution in [0.4, 0.5) is 0 Å². The van der Waals surface area contributed by atoms with Crippen LogP contribution >= 0.6 is 0 Å². The second kappa shape index (κ2) is 3.85. The van der Waals surface area contributed by atoms with E-state index in [0.29, 0.717) is 6.54 Å². The molecule has 0 aliphatic rings. The Bertz CT molecular complexity index is 308. The van der Waals surface area contributed by atoms with Crippen molar-refractivity contribution in [1.29, 1.82) is 0 Å². The Labute approximate surface area is 69.7 Å². The van der Waals surface area contributed by atoms with Crippen LogP contribution in [0.1, 0.15) is 19.8 Å². The highest BCUT2D eigenvalue weighted by atomic mass is 16.3. The third kappa shape index (κ3) is 2.05. The van der Waals surface area contributed by atoms with Crippen molar-refractivity contribution in [2.45, 2.75) is 26.3 Å². The lowest BCUT2D eigenvalue weighted by atomic mass is 10.3. The first-order chi connectivity index (χ1) is 5.74. The van der Waals surface area contributed by atoms with Gasteiger partial charge in [0, 0.05) is 6.54 Å². The van der Waals surface area contributed by atoms with E-state index in [2.05, 4.69) is 16.4 Å². The van der Waals surface area contributed by atoms with Gasteiger partial charge in [0.25, 0.3) is 5.88 Å². The molecular formula is C7H10N3O2. The van der Waals surface area contributed by atoms with E-state index in [1.807, 2.05) is 6.92 Å². The lowest BCUT2D eigenvalue weighted by Crippen LogP contribution is -2.14. The Balaban J connectivity index is 2.75. The van der Waals surface area contributed by atoms with Gasteiger partial charge in [0.15, 0.2) is 6.33 Å². The predicted molar refractivity (Wildman–Crippen MR) is 41.7 cm³/mol. The van der Waals surface area contributed by atoms with Gasteiger partial charge in [-0.25, -0.2) is 4.68 Å². The van der Waals surface area contributed by atoms with E-state index < -0.39 is 11.4 Å². The van der Waals surface area contributed by atoms with Crippen LogP contribution in [0.3, 0.4) is 0 Å². The van der Waals surface area contributed by atoms with Gasteiger partial charge in [0.2, 0.25) is 0 Å². The molecule has 0 fully saturated rings. The van der Waals surface area contributed by atoms with Gasteiger partial charge in [-0.3, -0.25) is 4.79 Å². The van der Waals surface area contributed by atoms with E-state index in [4.69, 9.17) is 5.11 Å². The number of aromatic nitrogens is 3. The van der Waals surface area contributed by atoms with Gasteiger partial charge in [0.05, 0.1) is 0 Å². The number of unbranched alkanes of at least 4 members (excludes halogenated alkanes) is 1. The van der Waals surface area contributed by atoms with Crippen LogP contribution in [-0.4, -0.2) is 19.9 Å². The summed E-state index contributed by atoms with van der Waals surface area (Å²) in [5, 5.41) is 12.4. The van der Waals surface area contributed by atoms with Crippen LogP contribution in [0.2, 0.25) is 0 Å². The minimum Gasteiger partial charge on any atom is -0.488 e. The molecule has 1 aromatic rings. The van der Waals surface area contributed by atoms with Crippen LogP contribution in [0.25, 0.3) is 0 Å². The first-order valence-corrected chi connectivity index (χ1v) is 3.80. The monoisotopic (exact) mass is 168 g/mol. The summed E-state index contributed by atoms with van der Waals surface area (Å²) in [6.07, 6.45) is 4.34. The van der Waals surface area contributed by atoms with Crippen molar-refractivity contribution in [3.63, 3.8) is 0 Å². The van der Waals surface area contributed by atoms with E-state index in [1.54, 1.807) is 0 Å². The quantitative estimate of drug-likeness (QED) is 0.686. The Morgan fingerprint density at radius 3 is 3.00 bits per heavy atom. The maximum atomic E-state index is 10.6. The zero-order valence-electron chi connectivity index (χ0n) is 6.82. The molecule has 5 heteroatoms. The fraction of sp³-hybridized carbons (Fsp3) is 0.571. The molecule has 5 nitrogen and oxygen atoms in total. The fourth-order valence-electron chi connectivity index (χ4n) is 0.740. The van der Waals surface area contributed by atoms with Gasteiger partial charge >= 0.3 is 5.56 Å². The largest absolute Gasteiger partial charge is 0.488 e. The Morgan fingerprint density at radius 2 is 2.42 bits per heavy atom. The summed E-state index contributed by atoms with van der Waals surface area (Å²) in [6, 6.07) is 0. The molecule has 12 heavy (non-hydrogen) atoms. The average molecular weight is 168 g/mol. The summed E-state index contributed by atoms with van der Waals surface area (Å²) < 4.78 is 1.33. The summed E-state index contributed by atoms with van der Waals surface area (Å²) >= 11 is 0. The molecule has 65 valence electrons. The zero-order valence-corrected chi connectivity index (χ0v) is 6.82. The van der Waals surface area contributed by atoms with E-state index in [0.717, 1.165) is 12.8 Å². The minimum absolute atomic E-state index is 0.565. The number of hydrogen-bond donors (Lipinski definition) is 1. The maximum absolute atomic E-state index is 10.6. The first kappa shape index (κ1) is 8.70. The Kier molecular flexibility index (Phi) is 2.79. The second-order valence-electron chi connectivity index (χ2n) is 2.42. The van der Waals surface area contributed by atoms with Gasteiger partial charge in [-0.05, 0) is 6.42 Å². The normalized spacial score (nSPS) is 10.1. The molecular weight excluding hydrogens is 158 g/mol. The molecule has 0 aliphatic heterocycles. The lowest BCUT2D eigenvalue weighted by molar-refractivity contribution is 0.403. The average Bonchev–Trinajstić information content (AvgIpc) is 2.07. The standard InChI is InChI=1S/C7H10N3O2/c1-2-3-4-10-5-8-6(11)7(12)9-10/h2-4H2,1H3,(H,9,12). The molecule has 0 saturated heterocycles. The van der Waals surface area contributed by atoms with Gasteiger partial charge in [-0.2, -0.15) is 4.98 Å². The van der Waals surface area contributed by atoms with E-state index >= 15 is 0 Å². The summed E-state index contributed by atoms with van der Waals surface area (Å²) in [4.78, 5) is 13.9. The van der Waals surface area contributed by atoms with Crippen molar-refractivity contribution in [2.75, 3.05) is 0 Å². The van der Waals surface area contributed by atoms with Crippen LogP contribution in [-0.2, 0) is 6.54 Å². The smallest absolute Gasteiger partial charge is 0.335 e. The zero-order chi connectivity index (χ0) is 8.97. The van der Waals surface area contributed by atoms with Gasteiger partial charge in [0.1, 0.15) is 0 Å². The molecule has 1 rings (SSSR count). The van der Waals surface area contributed by atoms with E-state index in [1.165, 1.54) is 4.68 Å².